The van der Waals surface area contributed by atoms with Crippen LogP contribution in [0.3, 0.4) is 0 Å². The number of nitrogens with zero attached hydrogens (tertiary/aromatic N) is 3. The molecule has 1 unspecified atom stereocenters. The number of anilines is 1. The largest absolute Gasteiger partial charge is 0.416 e. The van der Waals surface area contributed by atoms with E-state index in [1.54, 1.807) is 0 Å². The third-order valence-electron chi connectivity index (χ3n) is 5.15. The highest BCUT2D eigenvalue weighted by Crippen LogP contribution is 2.64. The summed E-state index contributed by atoms with van der Waals surface area (Å²) in [5.74, 6) is -4.95. The first-order valence-corrected chi connectivity index (χ1v) is 8.97. The van der Waals surface area contributed by atoms with Crippen molar-refractivity contribution >= 4 is 29.4 Å². The van der Waals surface area contributed by atoms with Crippen LogP contribution in [0.15, 0.2) is 30.6 Å². The molecule has 2 aromatic rings. The molecule has 0 radical (unpaired) electrons. The van der Waals surface area contributed by atoms with Crippen LogP contribution >= 0.6 is 11.6 Å². The molecule has 12 heteroatoms. The third-order valence-corrected chi connectivity index (χ3v) is 5.34. The average molecular weight is 447 g/mol. The molecule has 4 rings (SSSR count). The summed E-state index contributed by atoms with van der Waals surface area (Å²) in [4.78, 5) is 33.4. The summed E-state index contributed by atoms with van der Waals surface area (Å²) in [6, 6.07) is 2.15. The molecular weight excluding hydrogens is 435 g/mol. The van der Waals surface area contributed by atoms with Crippen LogP contribution in [0.25, 0.3) is 0 Å². The number of aromatic nitrogens is 2. The third kappa shape index (κ3) is 3.36. The highest BCUT2D eigenvalue weighted by Gasteiger charge is 2.74. The Morgan fingerprint density at radius 2 is 1.87 bits per heavy atom. The molecular formula is C18H12ClF5N4O2. The molecule has 1 fully saturated rings. The maximum atomic E-state index is 14.2. The zero-order valence-corrected chi connectivity index (χ0v) is 15.7. The number of alkyl halides is 5. The van der Waals surface area contributed by atoms with Gasteiger partial charge in [0.1, 0.15) is 6.54 Å². The van der Waals surface area contributed by atoms with Crippen molar-refractivity contribution in [2.75, 3.05) is 18.4 Å². The molecule has 1 spiro atoms. The maximum absolute atomic E-state index is 14.2. The number of carbonyl (C=O) groups excluding carboxylic acids is 2. The first-order chi connectivity index (χ1) is 13.9. The molecule has 2 heterocycles. The van der Waals surface area contributed by atoms with E-state index >= 15 is 0 Å². The Hall–Kier alpha value is -2.82. The molecule has 1 aromatic heterocycles. The minimum absolute atomic E-state index is 0.101. The summed E-state index contributed by atoms with van der Waals surface area (Å²) in [5, 5.41) is 2.54. The van der Waals surface area contributed by atoms with Crippen molar-refractivity contribution in [2.24, 2.45) is 0 Å². The first kappa shape index (κ1) is 20.5. The molecule has 30 heavy (non-hydrogen) atoms. The standard InChI is InChI=1S/C18H12ClF5N4O2/c19-10-4-25-15(26-5-10)27-13(29)6-28-8-16(7-17(16,20)21)12-3-9(18(22,23)24)1-2-11(12)14(28)30/h1-5H,6-8H2,(H,25,26,27,29). The highest BCUT2D eigenvalue weighted by molar-refractivity contribution is 6.30. The molecule has 2 aliphatic rings. The molecule has 1 aliphatic carbocycles. The van der Waals surface area contributed by atoms with Gasteiger partial charge in [0, 0.05) is 18.5 Å². The minimum atomic E-state index is -4.74. The van der Waals surface area contributed by atoms with Crippen molar-refractivity contribution in [1.82, 2.24) is 14.9 Å². The van der Waals surface area contributed by atoms with Gasteiger partial charge in [0.05, 0.1) is 28.4 Å². The Bertz CT molecular complexity index is 1040. The number of benzene rings is 1. The number of rotatable bonds is 3. The molecule has 1 saturated carbocycles. The van der Waals surface area contributed by atoms with Crippen molar-refractivity contribution in [2.45, 2.75) is 23.9 Å². The Kier molecular flexibility index (Phi) is 4.49. The second-order valence-corrected chi connectivity index (χ2v) is 7.59. The van der Waals surface area contributed by atoms with Gasteiger partial charge in [-0.15, -0.1) is 0 Å². The monoisotopic (exact) mass is 446 g/mol. The molecule has 0 bridgehead atoms. The van der Waals surface area contributed by atoms with Gasteiger partial charge in [-0.1, -0.05) is 11.6 Å². The zero-order valence-electron chi connectivity index (χ0n) is 14.9. The Morgan fingerprint density at radius 3 is 2.43 bits per heavy atom. The number of amides is 2. The quantitative estimate of drug-likeness (QED) is 0.732. The van der Waals surface area contributed by atoms with Crippen LogP contribution in [0.2, 0.25) is 5.02 Å². The van der Waals surface area contributed by atoms with Crippen molar-refractivity contribution < 1.29 is 31.5 Å². The van der Waals surface area contributed by atoms with Gasteiger partial charge in [-0.05, 0) is 23.8 Å². The van der Waals surface area contributed by atoms with E-state index in [0.29, 0.717) is 12.1 Å². The van der Waals surface area contributed by atoms with Crippen LogP contribution in [-0.4, -0.2) is 45.7 Å². The van der Waals surface area contributed by atoms with Gasteiger partial charge in [0.25, 0.3) is 11.8 Å². The molecule has 1 aliphatic heterocycles. The lowest BCUT2D eigenvalue weighted by Crippen LogP contribution is -2.48. The first-order valence-electron chi connectivity index (χ1n) is 8.59. The van der Waals surface area contributed by atoms with Crippen LogP contribution in [-0.2, 0) is 16.4 Å². The fraction of sp³-hybridized carbons (Fsp3) is 0.333. The van der Waals surface area contributed by atoms with Crippen LogP contribution < -0.4 is 5.32 Å². The van der Waals surface area contributed by atoms with E-state index in [1.807, 2.05) is 0 Å². The molecule has 1 N–H and O–H groups in total. The van der Waals surface area contributed by atoms with Gasteiger partial charge in [-0.3, -0.25) is 14.9 Å². The molecule has 0 saturated heterocycles. The van der Waals surface area contributed by atoms with Crippen LogP contribution in [0, 0.1) is 0 Å². The van der Waals surface area contributed by atoms with Crippen molar-refractivity contribution in [3.63, 3.8) is 0 Å². The van der Waals surface area contributed by atoms with Crippen LogP contribution in [0.1, 0.15) is 27.9 Å². The van der Waals surface area contributed by atoms with E-state index in [0.717, 1.165) is 11.0 Å². The van der Waals surface area contributed by atoms with E-state index in [9.17, 15) is 31.5 Å². The van der Waals surface area contributed by atoms with Crippen LogP contribution in [0.5, 0.6) is 0 Å². The summed E-state index contributed by atoms with van der Waals surface area (Å²) in [6.45, 7) is -1.18. The van der Waals surface area contributed by atoms with Gasteiger partial charge in [-0.25, -0.2) is 18.7 Å². The summed E-state index contributed by atoms with van der Waals surface area (Å²) < 4.78 is 67.6. The van der Waals surface area contributed by atoms with Crippen molar-refractivity contribution in [3.8, 4) is 0 Å². The SMILES string of the molecule is O=C(CN1CC2(CC2(F)F)c2cc(C(F)(F)F)ccc2C1=O)Nc1ncc(Cl)cn1. The summed E-state index contributed by atoms with van der Waals surface area (Å²) in [6.07, 6.45) is -2.99. The molecule has 6 nitrogen and oxygen atoms in total. The average Bonchev–Trinajstić information content (AvgIpc) is 3.21. The molecule has 1 aromatic carbocycles. The lowest BCUT2D eigenvalue weighted by atomic mass is 9.84. The Labute approximate surface area is 171 Å². The Balaban J connectivity index is 1.61. The topological polar surface area (TPSA) is 75.2 Å². The van der Waals surface area contributed by atoms with Gasteiger partial charge < -0.3 is 4.90 Å². The maximum Gasteiger partial charge on any atom is 0.416 e. The number of hydrogen-bond acceptors (Lipinski definition) is 4. The van der Waals surface area contributed by atoms with Gasteiger partial charge in [0.2, 0.25) is 11.9 Å². The predicted molar refractivity (Wildman–Crippen MR) is 94.3 cm³/mol. The second kappa shape index (κ2) is 6.59. The lowest BCUT2D eigenvalue weighted by molar-refractivity contribution is -0.137. The van der Waals surface area contributed by atoms with Gasteiger partial charge in [0.15, 0.2) is 0 Å². The molecule has 158 valence electrons. The number of nitrogens with one attached hydrogen (secondary N) is 1. The Morgan fingerprint density at radius 1 is 1.23 bits per heavy atom. The number of fused-ring (bicyclic) bond motifs is 2. The van der Waals surface area contributed by atoms with E-state index in [1.165, 1.54) is 12.4 Å². The molecule has 1 atom stereocenters. The van der Waals surface area contributed by atoms with Crippen molar-refractivity contribution in [1.29, 1.82) is 0 Å². The van der Waals surface area contributed by atoms with E-state index in [2.05, 4.69) is 15.3 Å². The molecule has 2 amide bonds. The van der Waals surface area contributed by atoms with Crippen molar-refractivity contribution in [3.05, 3.63) is 52.3 Å². The lowest BCUT2D eigenvalue weighted by Gasteiger charge is -2.34. The van der Waals surface area contributed by atoms with Crippen LogP contribution in [0.4, 0.5) is 27.9 Å². The normalized spacial score (nSPS) is 22.1. The second-order valence-electron chi connectivity index (χ2n) is 7.16. The summed E-state index contributed by atoms with van der Waals surface area (Å²) >= 11 is 5.64. The van der Waals surface area contributed by atoms with Gasteiger partial charge in [-0.2, -0.15) is 13.2 Å². The fourth-order valence-electron chi connectivity index (χ4n) is 3.60. The minimum Gasteiger partial charge on any atom is -0.328 e. The predicted octanol–water partition coefficient (Wildman–Crippen LogP) is 3.52. The summed E-state index contributed by atoms with van der Waals surface area (Å²) in [5.41, 5.74) is -3.68. The number of halogens is 6. The number of carbonyl (C=O) groups is 2. The zero-order chi connectivity index (χ0) is 21.9. The number of hydrogen-bond donors (Lipinski definition) is 1. The smallest absolute Gasteiger partial charge is 0.328 e. The van der Waals surface area contributed by atoms with E-state index in [4.69, 9.17) is 11.6 Å². The summed E-state index contributed by atoms with van der Waals surface area (Å²) in [7, 11) is 0. The highest BCUT2D eigenvalue weighted by atomic mass is 35.5. The van der Waals surface area contributed by atoms with E-state index < -0.39 is 54.4 Å². The fourth-order valence-corrected chi connectivity index (χ4v) is 3.69. The van der Waals surface area contributed by atoms with E-state index in [-0.39, 0.29) is 22.1 Å². The van der Waals surface area contributed by atoms with Gasteiger partial charge >= 0.3 is 6.18 Å².